The zero-order chi connectivity index (χ0) is 12.5. The normalized spacial score (nSPS) is 16.4. The third kappa shape index (κ3) is 4.27. The molecule has 0 spiro atoms. The van der Waals surface area contributed by atoms with Crippen molar-refractivity contribution in [2.75, 3.05) is 0 Å². The summed E-state index contributed by atoms with van der Waals surface area (Å²) in [4.78, 5) is 0. The SMILES string of the molecule is Cc1ccc(OC2CCCC2)c([B-](F)(F)F)c1.[K+]. The summed E-state index contributed by atoms with van der Waals surface area (Å²) in [6.07, 6.45) is 3.76. The summed E-state index contributed by atoms with van der Waals surface area (Å²) in [6.45, 7) is -3.35. The zero-order valence-corrected chi connectivity index (χ0v) is 13.9. The minimum absolute atomic E-state index is 0. The van der Waals surface area contributed by atoms with Crippen molar-refractivity contribution in [2.24, 2.45) is 0 Å². The second kappa shape index (κ2) is 6.79. The molecule has 6 heteroatoms. The van der Waals surface area contributed by atoms with Crippen molar-refractivity contribution in [3.8, 4) is 5.75 Å². The molecular weight excluding hydrogens is 267 g/mol. The van der Waals surface area contributed by atoms with Crippen LogP contribution in [0.15, 0.2) is 18.2 Å². The van der Waals surface area contributed by atoms with Crippen molar-refractivity contribution in [2.45, 2.75) is 38.7 Å². The van der Waals surface area contributed by atoms with Crippen LogP contribution in [0.4, 0.5) is 12.9 Å². The Hall–Kier alpha value is 0.511. The molecule has 0 bridgehead atoms. The van der Waals surface area contributed by atoms with Crippen LogP contribution in [0.5, 0.6) is 5.75 Å². The van der Waals surface area contributed by atoms with E-state index in [1.807, 2.05) is 0 Å². The second-order valence-electron chi connectivity index (χ2n) is 4.64. The van der Waals surface area contributed by atoms with Gasteiger partial charge >= 0.3 is 58.4 Å². The molecule has 18 heavy (non-hydrogen) atoms. The number of rotatable bonds is 3. The van der Waals surface area contributed by atoms with E-state index in [0.717, 1.165) is 25.7 Å². The maximum atomic E-state index is 12.9. The molecule has 0 amide bonds. The van der Waals surface area contributed by atoms with Gasteiger partial charge in [-0.25, -0.2) is 0 Å². The second-order valence-corrected chi connectivity index (χ2v) is 4.64. The average Bonchev–Trinajstić information content (AvgIpc) is 2.72. The van der Waals surface area contributed by atoms with Gasteiger partial charge in [-0.05, 0) is 38.7 Å². The van der Waals surface area contributed by atoms with E-state index in [9.17, 15) is 12.9 Å². The van der Waals surface area contributed by atoms with Gasteiger partial charge in [-0.3, -0.25) is 0 Å². The van der Waals surface area contributed by atoms with Gasteiger partial charge < -0.3 is 17.7 Å². The minimum atomic E-state index is -5.00. The van der Waals surface area contributed by atoms with E-state index in [2.05, 4.69) is 0 Å². The molecule has 0 radical (unpaired) electrons. The van der Waals surface area contributed by atoms with Gasteiger partial charge in [0.2, 0.25) is 0 Å². The van der Waals surface area contributed by atoms with E-state index in [-0.39, 0.29) is 63.2 Å². The van der Waals surface area contributed by atoms with Crippen LogP contribution >= 0.6 is 0 Å². The molecule has 1 fully saturated rings. The van der Waals surface area contributed by atoms with Crippen molar-refractivity contribution in [3.05, 3.63) is 23.8 Å². The number of benzene rings is 1. The van der Waals surface area contributed by atoms with E-state index in [1.54, 1.807) is 13.0 Å². The molecule has 1 aromatic carbocycles. The number of hydrogen-bond donors (Lipinski definition) is 0. The Morgan fingerprint density at radius 2 is 1.78 bits per heavy atom. The van der Waals surface area contributed by atoms with Crippen molar-refractivity contribution in [3.63, 3.8) is 0 Å². The van der Waals surface area contributed by atoms with Crippen LogP contribution in [0.1, 0.15) is 31.2 Å². The van der Waals surface area contributed by atoms with E-state index in [4.69, 9.17) is 4.74 Å². The summed E-state index contributed by atoms with van der Waals surface area (Å²) in [5.74, 6) is -0.00463. The average molecular weight is 282 g/mol. The van der Waals surface area contributed by atoms with Crippen molar-refractivity contribution >= 4 is 12.4 Å². The fraction of sp³-hybridized carbons (Fsp3) is 0.500. The van der Waals surface area contributed by atoms with Gasteiger partial charge in [0.05, 0.1) is 11.9 Å². The van der Waals surface area contributed by atoms with E-state index >= 15 is 0 Å². The summed E-state index contributed by atoms with van der Waals surface area (Å²) in [7, 11) is 0. The van der Waals surface area contributed by atoms with Crippen LogP contribution < -0.4 is 61.6 Å². The molecule has 0 unspecified atom stereocenters. The number of hydrogen-bond acceptors (Lipinski definition) is 1. The first-order valence-corrected chi connectivity index (χ1v) is 5.94. The third-order valence-electron chi connectivity index (χ3n) is 3.11. The Morgan fingerprint density at radius 3 is 2.33 bits per heavy atom. The molecule has 0 atom stereocenters. The molecule has 0 aliphatic heterocycles. The zero-order valence-electron chi connectivity index (χ0n) is 10.8. The molecule has 0 N–H and O–H groups in total. The maximum absolute atomic E-state index is 12.9. The Morgan fingerprint density at radius 1 is 1.17 bits per heavy atom. The summed E-state index contributed by atoms with van der Waals surface area (Å²) < 4.78 is 44.1. The quantitative estimate of drug-likeness (QED) is 0.728. The van der Waals surface area contributed by atoms with Gasteiger partial charge in [0.1, 0.15) is 0 Å². The summed E-state index contributed by atoms with van der Waals surface area (Å²) >= 11 is 0. The van der Waals surface area contributed by atoms with Gasteiger partial charge in [-0.2, -0.15) is 0 Å². The molecule has 1 aromatic rings. The first-order valence-electron chi connectivity index (χ1n) is 5.94. The molecule has 1 aliphatic carbocycles. The maximum Gasteiger partial charge on any atom is 1.00 e. The molecule has 1 aliphatic rings. The molecule has 94 valence electrons. The molecular formula is C12H15BF3KO. The van der Waals surface area contributed by atoms with Crippen LogP contribution in [-0.4, -0.2) is 13.1 Å². The first kappa shape index (κ1) is 16.6. The number of halogens is 3. The Kier molecular flexibility index (Phi) is 6.25. The van der Waals surface area contributed by atoms with Gasteiger partial charge in [0.15, 0.2) is 0 Å². The van der Waals surface area contributed by atoms with Gasteiger partial charge in [-0.1, -0.05) is 23.2 Å². The van der Waals surface area contributed by atoms with E-state index in [1.165, 1.54) is 12.1 Å². The fourth-order valence-corrected chi connectivity index (χ4v) is 2.22. The van der Waals surface area contributed by atoms with Crippen LogP contribution in [0.3, 0.4) is 0 Å². The van der Waals surface area contributed by atoms with Crippen LogP contribution in [-0.2, 0) is 0 Å². The Labute approximate surface area is 148 Å². The monoisotopic (exact) mass is 282 g/mol. The standard InChI is InChI=1S/C12H15BF3O.K/c1-9-6-7-12(11(8-9)13(14,15)16)17-10-4-2-3-5-10;/h6-8,10H,2-5H2,1H3;/q-1;+1. The Balaban J connectivity index is 0.00000162. The molecule has 0 heterocycles. The largest absolute Gasteiger partial charge is 1.00 e. The van der Waals surface area contributed by atoms with Gasteiger partial charge in [0.25, 0.3) is 0 Å². The first-order chi connectivity index (χ1) is 7.97. The Bertz CT molecular complexity index is 403. The van der Waals surface area contributed by atoms with Crippen LogP contribution in [0.2, 0.25) is 0 Å². The molecule has 2 rings (SSSR count). The summed E-state index contributed by atoms with van der Waals surface area (Å²) in [6, 6.07) is 4.28. The van der Waals surface area contributed by atoms with Gasteiger partial charge in [-0.15, -0.1) is 0 Å². The molecule has 0 saturated heterocycles. The minimum Gasteiger partial charge on any atom is -0.493 e. The molecule has 1 saturated carbocycles. The van der Waals surface area contributed by atoms with E-state index in [0.29, 0.717) is 5.56 Å². The third-order valence-corrected chi connectivity index (χ3v) is 3.11. The van der Waals surface area contributed by atoms with Crippen LogP contribution in [0.25, 0.3) is 0 Å². The topological polar surface area (TPSA) is 9.23 Å². The van der Waals surface area contributed by atoms with Crippen molar-refractivity contribution < 1.29 is 69.1 Å². The van der Waals surface area contributed by atoms with E-state index < -0.39 is 12.4 Å². The summed E-state index contributed by atoms with van der Waals surface area (Å²) in [5.41, 5.74) is 0.00914. The summed E-state index contributed by atoms with van der Waals surface area (Å²) in [5, 5.41) is 0. The molecule has 1 nitrogen and oxygen atoms in total. The van der Waals surface area contributed by atoms with Gasteiger partial charge in [0, 0.05) is 0 Å². The molecule has 0 aromatic heterocycles. The van der Waals surface area contributed by atoms with Crippen molar-refractivity contribution in [1.29, 1.82) is 0 Å². The number of ether oxygens (including phenoxy) is 1. The smallest absolute Gasteiger partial charge is 0.493 e. The van der Waals surface area contributed by atoms with Crippen LogP contribution in [0, 0.1) is 6.92 Å². The predicted molar refractivity (Wildman–Crippen MR) is 62.8 cm³/mol. The predicted octanol–water partition coefficient (Wildman–Crippen LogP) is 0.375. The number of aryl methyl sites for hydroxylation is 1. The van der Waals surface area contributed by atoms with Crippen molar-refractivity contribution in [1.82, 2.24) is 0 Å². The fourth-order valence-electron chi connectivity index (χ4n) is 2.22.